The fraction of sp³-hybridized carbons (Fsp3) is 0.333. The van der Waals surface area contributed by atoms with E-state index in [1.165, 1.54) is 0 Å². The van der Waals surface area contributed by atoms with Gasteiger partial charge in [-0.25, -0.2) is 0 Å². The number of anilines is 1. The summed E-state index contributed by atoms with van der Waals surface area (Å²) >= 11 is 5.76. The molecule has 0 heterocycles. The third-order valence-corrected chi connectivity index (χ3v) is 1.91. The van der Waals surface area contributed by atoms with Gasteiger partial charge in [-0.1, -0.05) is 11.6 Å². The van der Waals surface area contributed by atoms with Crippen LogP contribution in [-0.4, -0.2) is 20.8 Å². The molecule has 0 saturated carbocycles. The summed E-state index contributed by atoms with van der Waals surface area (Å²) in [6, 6.07) is 7.78. The summed E-state index contributed by atoms with van der Waals surface area (Å²) in [6.45, 7) is 0.835. The highest BCUT2D eigenvalue weighted by Gasteiger charge is 1.97. The quantitative estimate of drug-likeness (QED) is 0.723. The van der Waals surface area contributed by atoms with E-state index in [-0.39, 0.29) is 0 Å². The van der Waals surface area contributed by atoms with Crippen molar-refractivity contribution in [3.8, 4) is 0 Å². The van der Waals surface area contributed by atoms with Crippen molar-refractivity contribution >= 4 is 17.3 Å². The Morgan fingerprint density at radius 3 is 2.42 bits per heavy atom. The maximum Gasteiger partial charge on any atom is 0.0676 e. The molecule has 0 aliphatic heterocycles. The van der Waals surface area contributed by atoms with Gasteiger partial charge in [-0.15, -0.1) is 0 Å². The molecule has 0 aliphatic rings. The van der Waals surface area contributed by atoms with Crippen LogP contribution in [0.25, 0.3) is 0 Å². The van der Waals surface area contributed by atoms with Gasteiger partial charge in [0.15, 0.2) is 0 Å². The average molecular weight is 185 g/mol. The van der Waals surface area contributed by atoms with E-state index in [1.807, 2.05) is 38.4 Å². The lowest BCUT2D eigenvalue weighted by Gasteiger charge is -2.18. The monoisotopic (exact) mass is 184 g/mol. The summed E-state index contributed by atoms with van der Waals surface area (Å²) in [6.07, 6.45) is 0. The van der Waals surface area contributed by atoms with Gasteiger partial charge in [0.05, 0.1) is 6.67 Å². The first-order valence-corrected chi connectivity index (χ1v) is 4.23. The van der Waals surface area contributed by atoms with Crippen molar-refractivity contribution in [3.05, 3.63) is 29.3 Å². The van der Waals surface area contributed by atoms with E-state index in [2.05, 4.69) is 10.2 Å². The van der Waals surface area contributed by atoms with Gasteiger partial charge in [-0.05, 0) is 31.3 Å². The Morgan fingerprint density at radius 1 is 1.33 bits per heavy atom. The SMILES string of the molecule is CNCN(C)c1ccc(Cl)cc1. The molecule has 0 bridgehead atoms. The van der Waals surface area contributed by atoms with Crippen LogP contribution >= 0.6 is 11.6 Å². The predicted octanol–water partition coefficient (Wildman–Crippen LogP) is 1.95. The number of rotatable bonds is 3. The highest BCUT2D eigenvalue weighted by molar-refractivity contribution is 6.30. The van der Waals surface area contributed by atoms with Crippen LogP contribution in [0.4, 0.5) is 5.69 Å². The van der Waals surface area contributed by atoms with Crippen molar-refractivity contribution in [2.24, 2.45) is 0 Å². The molecule has 1 N–H and O–H groups in total. The highest BCUT2D eigenvalue weighted by Crippen LogP contribution is 2.15. The van der Waals surface area contributed by atoms with Crippen LogP contribution in [0.15, 0.2) is 24.3 Å². The van der Waals surface area contributed by atoms with Crippen molar-refractivity contribution < 1.29 is 0 Å². The lowest BCUT2D eigenvalue weighted by Crippen LogP contribution is -2.27. The van der Waals surface area contributed by atoms with Gasteiger partial charge in [-0.2, -0.15) is 0 Å². The Morgan fingerprint density at radius 2 is 1.92 bits per heavy atom. The van der Waals surface area contributed by atoms with Gasteiger partial charge in [0.2, 0.25) is 0 Å². The highest BCUT2D eigenvalue weighted by atomic mass is 35.5. The zero-order chi connectivity index (χ0) is 8.97. The first-order chi connectivity index (χ1) is 5.74. The molecular formula is C9H13ClN2. The molecule has 0 atom stereocenters. The van der Waals surface area contributed by atoms with Crippen molar-refractivity contribution in [2.75, 3.05) is 25.7 Å². The van der Waals surface area contributed by atoms with Crippen molar-refractivity contribution in [1.82, 2.24) is 5.32 Å². The Kier molecular flexibility index (Phi) is 3.38. The zero-order valence-corrected chi connectivity index (χ0v) is 8.10. The van der Waals surface area contributed by atoms with E-state index >= 15 is 0 Å². The van der Waals surface area contributed by atoms with Crippen LogP contribution in [0.2, 0.25) is 5.02 Å². The van der Waals surface area contributed by atoms with E-state index in [0.717, 1.165) is 17.4 Å². The topological polar surface area (TPSA) is 15.3 Å². The Bertz CT molecular complexity index is 233. The number of hydrogen-bond donors (Lipinski definition) is 1. The van der Waals surface area contributed by atoms with E-state index in [1.54, 1.807) is 0 Å². The second-order valence-corrected chi connectivity index (χ2v) is 3.12. The Labute approximate surface area is 78.1 Å². The molecule has 12 heavy (non-hydrogen) atoms. The first kappa shape index (κ1) is 9.36. The minimum absolute atomic E-state index is 0.775. The zero-order valence-electron chi connectivity index (χ0n) is 7.34. The third-order valence-electron chi connectivity index (χ3n) is 1.66. The van der Waals surface area contributed by atoms with Crippen LogP contribution < -0.4 is 10.2 Å². The fourth-order valence-electron chi connectivity index (χ4n) is 1.02. The Hall–Kier alpha value is -0.730. The largest absolute Gasteiger partial charge is 0.362 e. The molecule has 0 aliphatic carbocycles. The van der Waals surface area contributed by atoms with E-state index in [9.17, 15) is 0 Å². The van der Waals surface area contributed by atoms with Gasteiger partial charge in [0.1, 0.15) is 0 Å². The van der Waals surface area contributed by atoms with Gasteiger partial charge in [-0.3, -0.25) is 0 Å². The molecule has 1 rings (SSSR count). The van der Waals surface area contributed by atoms with Crippen molar-refractivity contribution in [1.29, 1.82) is 0 Å². The van der Waals surface area contributed by atoms with Crippen LogP contribution in [0.3, 0.4) is 0 Å². The smallest absolute Gasteiger partial charge is 0.0676 e. The number of benzene rings is 1. The summed E-state index contributed by atoms with van der Waals surface area (Å²) in [4.78, 5) is 2.11. The molecule has 0 radical (unpaired) electrons. The second kappa shape index (κ2) is 4.33. The van der Waals surface area contributed by atoms with Crippen molar-refractivity contribution in [3.63, 3.8) is 0 Å². The molecule has 1 aromatic rings. The number of hydrogen-bond acceptors (Lipinski definition) is 2. The van der Waals surface area contributed by atoms with E-state index in [4.69, 9.17) is 11.6 Å². The molecule has 0 spiro atoms. The predicted molar refractivity (Wildman–Crippen MR) is 53.8 cm³/mol. The molecule has 1 aromatic carbocycles. The number of halogens is 1. The number of nitrogens with zero attached hydrogens (tertiary/aromatic N) is 1. The molecule has 0 unspecified atom stereocenters. The maximum absolute atomic E-state index is 5.76. The minimum atomic E-state index is 0.775. The molecule has 0 aromatic heterocycles. The summed E-state index contributed by atoms with van der Waals surface area (Å²) in [7, 11) is 3.95. The average Bonchev–Trinajstić information content (AvgIpc) is 2.06. The summed E-state index contributed by atoms with van der Waals surface area (Å²) < 4.78 is 0. The van der Waals surface area contributed by atoms with Crippen molar-refractivity contribution in [2.45, 2.75) is 0 Å². The molecular weight excluding hydrogens is 172 g/mol. The van der Waals surface area contributed by atoms with Gasteiger partial charge < -0.3 is 10.2 Å². The van der Waals surface area contributed by atoms with Crippen LogP contribution in [-0.2, 0) is 0 Å². The van der Waals surface area contributed by atoms with E-state index < -0.39 is 0 Å². The Balaban J connectivity index is 2.68. The molecule has 2 nitrogen and oxygen atoms in total. The summed E-state index contributed by atoms with van der Waals surface area (Å²) in [5.74, 6) is 0. The normalized spacial score (nSPS) is 9.92. The molecule has 0 amide bonds. The number of nitrogens with one attached hydrogen (secondary N) is 1. The van der Waals surface area contributed by atoms with Gasteiger partial charge in [0.25, 0.3) is 0 Å². The van der Waals surface area contributed by atoms with Gasteiger partial charge >= 0.3 is 0 Å². The molecule has 0 fully saturated rings. The summed E-state index contributed by atoms with van der Waals surface area (Å²) in [5, 5.41) is 3.85. The molecule has 3 heteroatoms. The van der Waals surface area contributed by atoms with E-state index in [0.29, 0.717) is 0 Å². The van der Waals surface area contributed by atoms with Gasteiger partial charge in [0, 0.05) is 17.8 Å². The maximum atomic E-state index is 5.76. The minimum Gasteiger partial charge on any atom is -0.362 e. The first-order valence-electron chi connectivity index (χ1n) is 3.85. The molecule has 0 saturated heterocycles. The van der Waals surface area contributed by atoms with Crippen LogP contribution in [0.1, 0.15) is 0 Å². The van der Waals surface area contributed by atoms with Crippen LogP contribution in [0, 0.1) is 0 Å². The second-order valence-electron chi connectivity index (χ2n) is 2.69. The summed E-state index contributed by atoms with van der Waals surface area (Å²) in [5.41, 5.74) is 1.16. The molecule has 66 valence electrons. The lowest BCUT2D eigenvalue weighted by molar-refractivity contribution is 0.776. The fourth-order valence-corrected chi connectivity index (χ4v) is 1.15. The van der Waals surface area contributed by atoms with Crippen LogP contribution in [0.5, 0.6) is 0 Å². The lowest BCUT2D eigenvalue weighted by atomic mass is 10.3. The third kappa shape index (κ3) is 2.40. The standard InChI is InChI=1S/C9H13ClN2/c1-11-7-12(2)9-5-3-8(10)4-6-9/h3-6,11H,7H2,1-2H3.